The highest BCUT2D eigenvalue weighted by atomic mass is 35.5. The summed E-state index contributed by atoms with van der Waals surface area (Å²) < 4.78 is 5.37. The van der Waals surface area contributed by atoms with Crippen molar-refractivity contribution in [3.8, 4) is 17.0 Å². The van der Waals surface area contributed by atoms with E-state index in [9.17, 15) is 4.79 Å². The SMILES string of the molecule is COc1ccc2c(c1)CCc1nc(NC(=O)Cc3ccc(Cl)cc3)c(CC(C)C)nc1-2. The summed E-state index contributed by atoms with van der Waals surface area (Å²) in [5.41, 5.74) is 5.87. The van der Waals surface area contributed by atoms with Crippen LogP contribution < -0.4 is 10.1 Å². The fraction of sp³-hybridized carbons (Fsp3) is 0.320. The number of hydrogen-bond donors (Lipinski definition) is 1. The van der Waals surface area contributed by atoms with Crippen LogP contribution >= 0.6 is 11.6 Å². The van der Waals surface area contributed by atoms with E-state index in [0.29, 0.717) is 16.8 Å². The largest absolute Gasteiger partial charge is 0.497 e. The Morgan fingerprint density at radius 1 is 1.13 bits per heavy atom. The number of amides is 1. The molecule has 1 aliphatic carbocycles. The molecule has 6 heteroatoms. The first-order valence-electron chi connectivity index (χ1n) is 10.5. The maximum Gasteiger partial charge on any atom is 0.229 e. The van der Waals surface area contributed by atoms with Gasteiger partial charge in [-0.05, 0) is 66.6 Å². The van der Waals surface area contributed by atoms with Crippen LogP contribution in [0.2, 0.25) is 5.02 Å². The zero-order valence-corrected chi connectivity index (χ0v) is 18.8. The van der Waals surface area contributed by atoms with Crippen LogP contribution in [-0.2, 0) is 30.5 Å². The number of aryl methyl sites for hydroxylation is 2. The minimum absolute atomic E-state index is 0.109. The summed E-state index contributed by atoms with van der Waals surface area (Å²) in [5, 5.41) is 3.66. The molecule has 1 aromatic heterocycles. The van der Waals surface area contributed by atoms with Gasteiger partial charge in [-0.2, -0.15) is 0 Å². The summed E-state index contributed by atoms with van der Waals surface area (Å²) >= 11 is 5.94. The third-order valence-corrected chi connectivity index (χ3v) is 5.63. The zero-order valence-electron chi connectivity index (χ0n) is 18.0. The number of methoxy groups -OCH3 is 1. The van der Waals surface area contributed by atoms with Crippen molar-refractivity contribution in [2.24, 2.45) is 5.92 Å². The van der Waals surface area contributed by atoms with Crippen LogP contribution in [0, 0.1) is 5.92 Å². The summed E-state index contributed by atoms with van der Waals surface area (Å²) in [6.07, 6.45) is 2.66. The molecule has 1 heterocycles. The van der Waals surface area contributed by atoms with Crippen molar-refractivity contribution in [3.05, 3.63) is 70.0 Å². The highest BCUT2D eigenvalue weighted by Gasteiger charge is 2.23. The van der Waals surface area contributed by atoms with Crippen molar-refractivity contribution in [1.29, 1.82) is 0 Å². The number of anilines is 1. The van der Waals surface area contributed by atoms with E-state index in [1.165, 1.54) is 5.56 Å². The molecule has 3 aromatic rings. The Hall–Kier alpha value is -2.92. The molecule has 0 saturated heterocycles. The molecule has 0 unspecified atom stereocenters. The number of rotatable bonds is 6. The molecular weight excluding hydrogens is 410 g/mol. The molecule has 1 aliphatic rings. The van der Waals surface area contributed by atoms with Gasteiger partial charge >= 0.3 is 0 Å². The number of aromatic nitrogens is 2. The van der Waals surface area contributed by atoms with Crippen molar-refractivity contribution >= 4 is 23.3 Å². The van der Waals surface area contributed by atoms with E-state index in [1.807, 2.05) is 18.2 Å². The molecule has 0 aliphatic heterocycles. The van der Waals surface area contributed by atoms with Crippen LogP contribution in [0.5, 0.6) is 5.75 Å². The van der Waals surface area contributed by atoms with Crippen LogP contribution in [0.1, 0.15) is 36.4 Å². The van der Waals surface area contributed by atoms with Crippen molar-refractivity contribution < 1.29 is 9.53 Å². The minimum Gasteiger partial charge on any atom is -0.497 e. The second-order valence-corrected chi connectivity index (χ2v) is 8.72. The number of halogens is 1. The molecule has 0 atom stereocenters. The first-order chi connectivity index (χ1) is 14.9. The predicted molar refractivity (Wildman–Crippen MR) is 124 cm³/mol. The molecule has 1 amide bonds. The molecule has 5 nitrogen and oxygen atoms in total. The van der Waals surface area contributed by atoms with E-state index in [0.717, 1.165) is 53.2 Å². The van der Waals surface area contributed by atoms with Crippen LogP contribution in [0.15, 0.2) is 42.5 Å². The minimum atomic E-state index is -0.109. The van der Waals surface area contributed by atoms with Gasteiger partial charge in [0.25, 0.3) is 0 Å². The van der Waals surface area contributed by atoms with E-state index >= 15 is 0 Å². The van der Waals surface area contributed by atoms with Gasteiger partial charge in [0.05, 0.1) is 30.6 Å². The number of nitrogens with zero attached hydrogens (tertiary/aromatic N) is 2. The van der Waals surface area contributed by atoms with Crippen molar-refractivity contribution in [3.63, 3.8) is 0 Å². The van der Waals surface area contributed by atoms with Crippen LogP contribution in [0.3, 0.4) is 0 Å². The van der Waals surface area contributed by atoms with Crippen molar-refractivity contribution in [2.45, 2.75) is 39.5 Å². The molecule has 0 radical (unpaired) electrons. The highest BCUT2D eigenvalue weighted by Crippen LogP contribution is 2.35. The molecule has 0 bridgehead atoms. The number of fused-ring (bicyclic) bond motifs is 3. The maximum absolute atomic E-state index is 12.7. The van der Waals surface area contributed by atoms with Crippen LogP contribution in [0.25, 0.3) is 11.3 Å². The molecule has 0 saturated carbocycles. The summed E-state index contributed by atoms with van der Waals surface area (Å²) in [7, 11) is 1.68. The Bertz CT molecular complexity index is 1110. The van der Waals surface area contributed by atoms with Gasteiger partial charge in [-0.15, -0.1) is 0 Å². The lowest BCUT2D eigenvalue weighted by molar-refractivity contribution is -0.115. The van der Waals surface area contributed by atoms with E-state index < -0.39 is 0 Å². The van der Waals surface area contributed by atoms with E-state index in [4.69, 9.17) is 26.3 Å². The standard InChI is InChI=1S/C25H26ClN3O2/c1-15(2)12-22-25(29-23(30)13-16-4-7-18(26)8-5-16)28-21-11-6-17-14-19(31-3)9-10-20(17)24(21)27-22/h4-5,7-10,14-15H,6,11-13H2,1-3H3,(H,28,29,30). The fourth-order valence-corrected chi connectivity index (χ4v) is 4.00. The lowest BCUT2D eigenvalue weighted by Crippen LogP contribution is -2.20. The van der Waals surface area contributed by atoms with E-state index in [1.54, 1.807) is 19.2 Å². The molecule has 2 aromatic carbocycles. The Morgan fingerprint density at radius 3 is 2.61 bits per heavy atom. The monoisotopic (exact) mass is 435 g/mol. The summed E-state index contributed by atoms with van der Waals surface area (Å²) in [6.45, 7) is 4.28. The lowest BCUT2D eigenvalue weighted by atomic mass is 9.91. The first kappa shape index (κ1) is 21.3. The number of hydrogen-bond acceptors (Lipinski definition) is 4. The summed E-state index contributed by atoms with van der Waals surface area (Å²) in [5.74, 6) is 1.70. The number of carbonyl (C=O) groups is 1. The normalized spacial score (nSPS) is 12.3. The molecule has 1 N–H and O–H groups in total. The van der Waals surface area contributed by atoms with Gasteiger partial charge < -0.3 is 10.1 Å². The Labute approximate surface area is 187 Å². The van der Waals surface area contributed by atoms with Gasteiger partial charge in [0, 0.05) is 10.6 Å². The molecule has 0 fully saturated rings. The van der Waals surface area contributed by atoms with Crippen LogP contribution in [0.4, 0.5) is 5.82 Å². The highest BCUT2D eigenvalue weighted by molar-refractivity contribution is 6.30. The third kappa shape index (κ3) is 4.88. The Morgan fingerprint density at radius 2 is 1.90 bits per heavy atom. The topological polar surface area (TPSA) is 64.1 Å². The average Bonchev–Trinajstić information content (AvgIpc) is 2.75. The van der Waals surface area contributed by atoms with E-state index in [2.05, 4.69) is 31.3 Å². The zero-order chi connectivity index (χ0) is 22.0. The predicted octanol–water partition coefficient (Wildman–Crippen LogP) is 5.28. The Balaban J connectivity index is 1.65. The number of ether oxygens (including phenoxy) is 1. The number of carbonyl (C=O) groups excluding carboxylic acids is 1. The second-order valence-electron chi connectivity index (χ2n) is 8.29. The van der Waals surface area contributed by atoms with Gasteiger partial charge in [-0.25, -0.2) is 9.97 Å². The molecule has 0 spiro atoms. The lowest BCUT2D eigenvalue weighted by Gasteiger charge is -2.22. The quantitative estimate of drug-likeness (QED) is 0.571. The number of benzene rings is 2. The fourth-order valence-electron chi connectivity index (χ4n) is 3.88. The molecule has 160 valence electrons. The second kappa shape index (κ2) is 9.06. The molecule has 4 rings (SSSR count). The summed E-state index contributed by atoms with van der Waals surface area (Å²) in [6, 6.07) is 13.4. The van der Waals surface area contributed by atoms with Gasteiger partial charge in [-0.3, -0.25) is 4.79 Å². The average molecular weight is 436 g/mol. The van der Waals surface area contributed by atoms with Gasteiger partial charge in [0.2, 0.25) is 5.91 Å². The van der Waals surface area contributed by atoms with Crippen molar-refractivity contribution in [2.75, 3.05) is 12.4 Å². The maximum atomic E-state index is 12.7. The molecule has 31 heavy (non-hydrogen) atoms. The van der Waals surface area contributed by atoms with Gasteiger partial charge in [-0.1, -0.05) is 37.6 Å². The number of nitrogens with one attached hydrogen (secondary N) is 1. The Kier molecular flexibility index (Phi) is 6.23. The molecular formula is C25H26ClN3O2. The van der Waals surface area contributed by atoms with E-state index in [-0.39, 0.29) is 12.3 Å². The van der Waals surface area contributed by atoms with Gasteiger partial charge in [0.15, 0.2) is 5.82 Å². The van der Waals surface area contributed by atoms with Gasteiger partial charge in [0.1, 0.15) is 5.75 Å². The van der Waals surface area contributed by atoms with Crippen molar-refractivity contribution in [1.82, 2.24) is 9.97 Å². The third-order valence-electron chi connectivity index (χ3n) is 5.38. The first-order valence-corrected chi connectivity index (χ1v) is 10.9. The summed E-state index contributed by atoms with van der Waals surface area (Å²) in [4.78, 5) is 22.6. The smallest absolute Gasteiger partial charge is 0.229 e. The van der Waals surface area contributed by atoms with Crippen LogP contribution in [-0.4, -0.2) is 23.0 Å².